The molecule has 2 amide bonds. The van der Waals surface area contributed by atoms with Gasteiger partial charge in [0, 0.05) is 37.9 Å². The van der Waals surface area contributed by atoms with E-state index in [1.165, 1.54) is 11.8 Å². The molecule has 0 saturated heterocycles. The van der Waals surface area contributed by atoms with Crippen LogP contribution >= 0.6 is 50.9 Å². The van der Waals surface area contributed by atoms with Gasteiger partial charge in [0.25, 0.3) is 0 Å². The number of nitrogens with zero attached hydrogens (tertiary/aromatic N) is 1. The number of carbonyl (C=O) groups is 2. The number of halogens is 3. The van der Waals surface area contributed by atoms with Crippen LogP contribution in [0.5, 0.6) is 0 Å². The van der Waals surface area contributed by atoms with Gasteiger partial charge in [0.15, 0.2) is 0 Å². The predicted molar refractivity (Wildman–Crippen MR) is 135 cm³/mol. The van der Waals surface area contributed by atoms with Crippen molar-refractivity contribution in [2.45, 2.75) is 51.6 Å². The van der Waals surface area contributed by atoms with Crippen molar-refractivity contribution in [1.29, 1.82) is 0 Å². The molecule has 0 bridgehead atoms. The summed E-state index contributed by atoms with van der Waals surface area (Å²) in [5, 5.41) is 3.88. The van der Waals surface area contributed by atoms with Crippen LogP contribution in [-0.4, -0.2) is 34.0 Å². The van der Waals surface area contributed by atoms with Gasteiger partial charge in [0.05, 0.1) is 5.75 Å². The van der Waals surface area contributed by atoms with Crippen LogP contribution in [0.15, 0.2) is 46.9 Å². The van der Waals surface area contributed by atoms with Crippen LogP contribution in [0.3, 0.4) is 0 Å². The molecule has 1 N–H and O–H groups in total. The summed E-state index contributed by atoms with van der Waals surface area (Å²) >= 11 is 17.6. The molecule has 168 valence electrons. The van der Waals surface area contributed by atoms with Crippen LogP contribution in [0.4, 0.5) is 0 Å². The van der Waals surface area contributed by atoms with E-state index in [-0.39, 0.29) is 24.1 Å². The Hall–Kier alpha value is -1.21. The summed E-state index contributed by atoms with van der Waals surface area (Å²) in [6.07, 6.45) is 0. The Morgan fingerprint density at radius 2 is 1.68 bits per heavy atom. The fraction of sp³-hybridized carbons (Fsp3) is 0.391. The van der Waals surface area contributed by atoms with E-state index < -0.39 is 11.6 Å². The van der Waals surface area contributed by atoms with Crippen molar-refractivity contribution in [3.63, 3.8) is 0 Å². The monoisotopic (exact) mass is 544 g/mol. The van der Waals surface area contributed by atoms with E-state index >= 15 is 0 Å². The van der Waals surface area contributed by atoms with Crippen LogP contribution in [-0.2, 0) is 21.9 Å². The number of nitrogens with one attached hydrogen (secondary N) is 1. The fourth-order valence-corrected chi connectivity index (χ4v) is 4.48. The molecule has 0 radical (unpaired) electrons. The van der Waals surface area contributed by atoms with E-state index in [2.05, 4.69) is 21.2 Å². The molecule has 4 nitrogen and oxygen atoms in total. The molecule has 2 rings (SSSR count). The zero-order valence-electron chi connectivity index (χ0n) is 18.0. The Balaban J connectivity index is 2.16. The minimum atomic E-state index is -0.674. The first-order valence-corrected chi connectivity index (χ1v) is 12.5. The van der Waals surface area contributed by atoms with E-state index in [9.17, 15) is 9.59 Å². The Bertz CT molecular complexity index is 897. The lowest BCUT2D eigenvalue weighted by Gasteiger charge is -2.32. The van der Waals surface area contributed by atoms with Crippen molar-refractivity contribution in [1.82, 2.24) is 10.2 Å². The number of rotatable bonds is 8. The molecule has 0 heterocycles. The molecule has 0 aromatic heterocycles. The Morgan fingerprint density at radius 3 is 2.23 bits per heavy atom. The fourth-order valence-electron chi connectivity index (χ4n) is 2.83. The molecule has 31 heavy (non-hydrogen) atoms. The summed E-state index contributed by atoms with van der Waals surface area (Å²) < 4.78 is 1.01. The van der Waals surface area contributed by atoms with E-state index in [4.69, 9.17) is 23.2 Å². The van der Waals surface area contributed by atoms with Crippen molar-refractivity contribution in [3.05, 3.63) is 68.1 Å². The van der Waals surface area contributed by atoms with Crippen molar-refractivity contribution in [3.8, 4) is 0 Å². The molecule has 2 aromatic carbocycles. The minimum absolute atomic E-state index is 0.144. The van der Waals surface area contributed by atoms with Crippen molar-refractivity contribution >= 4 is 62.7 Å². The van der Waals surface area contributed by atoms with Crippen LogP contribution in [0.25, 0.3) is 0 Å². The molecular weight excluding hydrogens is 519 g/mol. The molecule has 0 aliphatic rings. The third-order valence-electron chi connectivity index (χ3n) is 4.46. The van der Waals surface area contributed by atoms with Gasteiger partial charge in [-0.15, -0.1) is 11.8 Å². The van der Waals surface area contributed by atoms with Gasteiger partial charge in [-0.2, -0.15) is 0 Å². The normalized spacial score (nSPS) is 12.4. The summed E-state index contributed by atoms with van der Waals surface area (Å²) in [6, 6.07) is 12.5. The highest BCUT2D eigenvalue weighted by atomic mass is 79.9. The highest BCUT2D eigenvalue weighted by Gasteiger charge is 2.29. The number of benzene rings is 2. The van der Waals surface area contributed by atoms with Gasteiger partial charge in [0.2, 0.25) is 11.8 Å². The average Bonchev–Trinajstić information content (AvgIpc) is 2.67. The maximum atomic E-state index is 13.2. The average molecular weight is 546 g/mol. The molecular formula is C23H27BrCl2N2O2S. The standard InChI is InChI=1S/C23H27BrCl2N2O2S/c1-15(22(30)27-23(2,3)4)28(12-18-19(25)6-5-7-20(18)26)21(29)14-31-13-16-8-10-17(24)11-9-16/h5-11,15H,12-14H2,1-4H3,(H,27,30)/t15-/m1/s1. The molecule has 0 unspecified atom stereocenters. The maximum Gasteiger partial charge on any atom is 0.242 e. The number of amides is 2. The van der Waals surface area contributed by atoms with Crippen LogP contribution in [0.1, 0.15) is 38.8 Å². The lowest BCUT2D eigenvalue weighted by Crippen LogP contribution is -2.52. The van der Waals surface area contributed by atoms with E-state index in [1.807, 2.05) is 45.0 Å². The number of hydrogen-bond donors (Lipinski definition) is 1. The van der Waals surface area contributed by atoms with Gasteiger partial charge in [0.1, 0.15) is 6.04 Å². The lowest BCUT2D eigenvalue weighted by molar-refractivity contribution is -0.139. The maximum absolute atomic E-state index is 13.2. The Labute approximate surface area is 207 Å². The first kappa shape index (κ1) is 26.0. The van der Waals surface area contributed by atoms with Gasteiger partial charge < -0.3 is 10.2 Å². The second-order valence-electron chi connectivity index (χ2n) is 8.26. The molecule has 0 aliphatic carbocycles. The summed E-state index contributed by atoms with van der Waals surface area (Å²) in [5.41, 5.74) is 1.35. The van der Waals surface area contributed by atoms with Gasteiger partial charge >= 0.3 is 0 Å². The molecule has 0 fully saturated rings. The van der Waals surface area contributed by atoms with Gasteiger partial charge in [-0.25, -0.2) is 0 Å². The third kappa shape index (κ3) is 8.33. The highest BCUT2D eigenvalue weighted by molar-refractivity contribution is 9.10. The smallest absolute Gasteiger partial charge is 0.242 e. The molecule has 2 aromatic rings. The number of thioether (sulfide) groups is 1. The second-order valence-corrected chi connectivity index (χ2v) is 11.0. The van der Waals surface area contributed by atoms with E-state index in [1.54, 1.807) is 30.0 Å². The largest absolute Gasteiger partial charge is 0.350 e. The van der Waals surface area contributed by atoms with Gasteiger partial charge in [-0.05, 0) is 57.5 Å². The lowest BCUT2D eigenvalue weighted by atomic mass is 10.1. The summed E-state index contributed by atoms with van der Waals surface area (Å²) in [7, 11) is 0. The molecule has 8 heteroatoms. The predicted octanol–water partition coefficient (Wildman–Crippen LogP) is 6.32. The quantitative estimate of drug-likeness (QED) is 0.422. The summed E-state index contributed by atoms with van der Waals surface area (Å²) in [6.45, 7) is 7.60. The van der Waals surface area contributed by atoms with Gasteiger partial charge in [-0.3, -0.25) is 9.59 Å². The zero-order valence-corrected chi connectivity index (χ0v) is 22.0. The summed E-state index contributed by atoms with van der Waals surface area (Å²) in [5.74, 6) is 0.574. The number of hydrogen-bond acceptors (Lipinski definition) is 3. The van der Waals surface area contributed by atoms with E-state index in [0.717, 1.165) is 10.0 Å². The number of carbonyl (C=O) groups excluding carboxylic acids is 2. The minimum Gasteiger partial charge on any atom is -0.350 e. The van der Waals surface area contributed by atoms with Crippen molar-refractivity contribution < 1.29 is 9.59 Å². The first-order chi connectivity index (χ1) is 14.5. The highest BCUT2D eigenvalue weighted by Crippen LogP contribution is 2.27. The van der Waals surface area contributed by atoms with Crippen molar-refractivity contribution in [2.24, 2.45) is 0 Å². The van der Waals surface area contributed by atoms with E-state index in [0.29, 0.717) is 21.4 Å². The van der Waals surface area contributed by atoms with Crippen LogP contribution in [0.2, 0.25) is 10.0 Å². The molecule has 0 spiro atoms. The Morgan fingerprint density at radius 1 is 1.10 bits per heavy atom. The topological polar surface area (TPSA) is 49.4 Å². The second kappa shape index (κ2) is 11.6. The van der Waals surface area contributed by atoms with Crippen LogP contribution in [0, 0.1) is 0 Å². The first-order valence-electron chi connectivity index (χ1n) is 9.84. The molecule has 0 saturated carbocycles. The third-order valence-corrected chi connectivity index (χ3v) is 6.69. The molecule has 1 atom stereocenters. The van der Waals surface area contributed by atoms with Crippen LogP contribution < -0.4 is 5.32 Å². The summed E-state index contributed by atoms with van der Waals surface area (Å²) in [4.78, 5) is 27.5. The van der Waals surface area contributed by atoms with Gasteiger partial charge in [-0.1, -0.05) is 57.3 Å². The molecule has 0 aliphatic heterocycles. The zero-order chi connectivity index (χ0) is 23.2. The van der Waals surface area contributed by atoms with Crippen molar-refractivity contribution in [2.75, 3.05) is 5.75 Å². The SMILES string of the molecule is C[C@H](C(=O)NC(C)(C)C)N(Cc1c(Cl)cccc1Cl)C(=O)CSCc1ccc(Br)cc1. The Kier molecular flexibility index (Phi) is 9.74.